The SMILES string of the molecule is CC(C)c1c(C(=O)N(C)Cc2ccc(F)c(F)c2)nn(-c2ccc(F)cc2)c1CC[C@@H](O)C[C@@H](O)CC(=O)O.[NaH]. The number of carbonyl (C=O) groups is 2. The molecule has 8 nitrogen and oxygen atoms in total. The van der Waals surface area contributed by atoms with Gasteiger partial charge in [-0.05, 0) is 67.1 Å². The molecule has 0 spiro atoms. The zero-order chi connectivity index (χ0) is 28.9. The van der Waals surface area contributed by atoms with E-state index in [-0.39, 0.29) is 67.0 Å². The number of nitrogens with zero attached hydrogens (tertiary/aromatic N) is 3. The van der Waals surface area contributed by atoms with E-state index in [4.69, 9.17) is 5.11 Å². The molecule has 0 aliphatic carbocycles. The molecule has 0 fully saturated rings. The zero-order valence-corrected chi connectivity index (χ0v) is 21.9. The Morgan fingerprint density at radius 2 is 1.65 bits per heavy atom. The Labute approximate surface area is 252 Å². The van der Waals surface area contributed by atoms with Crippen LogP contribution in [-0.2, 0) is 17.8 Å². The quantitative estimate of drug-likeness (QED) is 0.287. The number of amides is 1. The van der Waals surface area contributed by atoms with Crippen molar-refractivity contribution in [2.24, 2.45) is 0 Å². The van der Waals surface area contributed by atoms with Crippen molar-refractivity contribution in [3.05, 3.63) is 82.4 Å². The number of aromatic nitrogens is 2. The summed E-state index contributed by atoms with van der Waals surface area (Å²) in [5, 5.41) is 33.8. The molecule has 0 bridgehead atoms. The molecular weight excluding hydrogens is 538 g/mol. The molecule has 0 saturated carbocycles. The van der Waals surface area contributed by atoms with Crippen molar-refractivity contribution < 1.29 is 38.1 Å². The third kappa shape index (κ3) is 8.65. The molecule has 1 amide bonds. The topological polar surface area (TPSA) is 116 Å². The molecular formula is C28H33F3N3NaO5. The van der Waals surface area contributed by atoms with Crippen LogP contribution >= 0.6 is 0 Å². The van der Waals surface area contributed by atoms with Gasteiger partial charge in [0.25, 0.3) is 5.91 Å². The molecule has 3 rings (SSSR count). The molecule has 3 N–H and O–H groups in total. The van der Waals surface area contributed by atoms with Gasteiger partial charge in [-0.15, -0.1) is 0 Å². The summed E-state index contributed by atoms with van der Waals surface area (Å²) in [6, 6.07) is 8.90. The van der Waals surface area contributed by atoms with E-state index in [1.807, 2.05) is 13.8 Å². The van der Waals surface area contributed by atoms with Crippen molar-refractivity contribution in [2.75, 3.05) is 7.05 Å². The number of aliphatic carboxylic acids is 1. The molecule has 1 aromatic heterocycles. The summed E-state index contributed by atoms with van der Waals surface area (Å²) in [6.45, 7) is 3.73. The number of hydrogen-bond acceptors (Lipinski definition) is 5. The fourth-order valence-electron chi connectivity index (χ4n) is 4.45. The second kappa shape index (κ2) is 14.8. The van der Waals surface area contributed by atoms with Crippen molar-refractivity contribution in [3.8, 4) is 5.69 Å². The van der Waals surface area contributed by atoms with Crippen LogP contribution in [0.1, 0.15) is 66.3 Å². The minimum atomic E-state index is -1.22. The Morgan fingerprint density at radius 1 is 1.00 bits per heavy atom. The summed E-state index contributed by atoms with van der Waals surface area (Å²) >= 11 is 0. The molecule has 0 unspecified atom stereocenters. The maximum atomic E-state index is 13.7. The zero-order valence-electron chi connectivity index (χ0n) is 21.9. The van der Waals surface area contributed by atoms with Crippen molar-refractivity contribution >= 4 is 41.4 Å². The number of aliphatic hydroxyl groups excluding tert-OH is 2. The van der Waals surface area contributed by atoms with E-state index in [0.717, 1.165) is 12.1 Å². The molecule has 2 aromatic carbocycles. The number of carboxylic acids is 1. The van der Waals surface area contributed by atoms with Gasteiger partial charge in [0.2, 0.25) is 0 Å². The summed E-state index contributed by atoms with van der Waals surface area (Å²) in [4.78, 5) is 25.7. The standard InChI is InChI=1S/C28H32F3N3O5.Na.H/c1-16(2)26-24(11-9-20(35)13-21(36)14-25(37)38)34(19-7-5-18(29)6-8-19)32-27(26)28(39)33(3)15-17-4-10-22(30)23(31)12-17;;/h4-8,10,12,16,20-21,35-36H,9,11,13-15H2,1-3H3,(H,37,38);;/t20-,21-;;/m1../s1. The minimum absolute atomic E-state index is 0. The summed E-state index contributed by atoms with van der Waals surface area (Å²) in [5.41, 5.74) is 2.18. The normalized spacial score (nSPS) is 12.6. The van der Waals surface area contributed by atoms with Gasteiger partial charge in [0.1, 0.15) is 5.82 Å². The molecule has 212 valence electrons. The molecule has 12 heteroatoms. The van der Waals surface area contributed by atoms with Crippen LogP contribution in [0.5, 0.6) is 0 Å². The average molecular weight is 572 g/mol. The van der Waals surface area contributed by atoms with Crippen LogP contribution in [0.2, 0.25) is 0 Å². The van der Waals surface area contributed by atoms with Crippen molar-refractivity contribution in [1.29, 1.82) is 0 Å². The van der Waals surface area contributed by atoms with Crippen LogP contribution in [0.15, 0.2) is 42.5 Å². The molecule has 0 saturated heterocycles. The first-order valence-corrected chi connectivity index (χ1v) is 12.5. The van der Waals surface area contributed by atoms with Crippen LogP contribution in [0.4, 0.5) is 13.2 Å². The first-order valence-electron chi connectivity index (χ1n) is 12.5. The van der Waals surface area contributed by atoms with E-state index in [1.165, 1.54) is 47.0 Å². The van der Waals surface area contributed by atoms with E-state index in [2.05, 4.69) is 5.10 Å². The number of carboxylic acid groups (broad SMARTS) is 1. The van der Waals surface area contributed by atoms with E-state index in [0.29, 0.717) is 22.5 Å². The molecule has 0 radical (unpaired) electrons. The Bertz CT molecular complexity index is 1320. The van der Waals surface area contributed by atoms with Gasteiger partial charge in [-0.1, -0.05) is 19.9 Å². The van der Waals surface area contributed by atoms with E-state index in [9.17, 15) is 33.0 Å². The summed E-state index contributed by atoms with van der Waals surface area (Å²) in [6.07, 6.45) is -2.51. The fourth-order valence-corrected chi connectivity index (χ4v) is 4.45. The van der Waals surface area contributed by atoms with Gasteiger partial charge in [0.05, 0.1) is 24.3 Å². The summed E-state index contributed by atoms with van der Waals surface area (Å²) in [5.74, 6) is -4.31. The summed E-state index contributed by atoms with van der Waals surface area (Å²) < 4.78 is 42.2. The van der Waals surface area contributed by atoms with Gasteiger partial charge in [-0.2, -0.15) is 5.10 Å². The van der Waals surface area contributed by atoms with Crippen molar-refractivity contribution in [2.45, 2.75) is 64.2 Å². The van der Waals surface area contributed by atoms with Crippen LogP contribution in [-0.4, -0.2) is 90.7 Å². The van der Waals surface area contributed by atoms with Crippen LogP contribution < -0.4 is 0 Å². The molecule has 2 atom stereocenters. The number of carbonyl (C=O) groups excluding carboxylic acids is 1. The predicted molar refractivity (Wildman–Crippen MR) is 144 cm³/mol. The number of halogens is 3. The van der Waals surface area contributed by atoms with E-state index >= 15 is 0 Å². The van der Waals surface area contributed by atoms with E-state index < -0.39 is 48.0 Å². The predicted octanol–water partition coefficient (Wildman–Crippen LogP) is 3.56. The molecule has 0 aliphatic rings. The van der Waals surface area contributed by atoms with Gasteiger partial charge in [0, 0.05) is 24.8 Å². The Kier molecular flexibility index (Phi) is 12.4. The average Bonchev–Trinajstić information content (AvgIpc) is 3.24. The van der Waals surface area contributed by atoms with Gasteiger partial charge >= 0.3 is 35.5 Å². The maximum absolute atomic E-state index is 13.7. The first kappa shape index (κ1) is 33.5. The van der Waals surface area contributed by atoms with Gasteiger partial charge < -0.3 is 20.2 Å². The van der Waals surface area contributed by atoms with E-state index in [1.54, 1.807) is 0 Å². The monoisotopic (exact) mass is 571 g/mol. The number of hydrogen-bond donors (Lipinski definition) is 3. The van der Waals surface area contributed by atoms with Gasteiger partial charge in [-0.3, -0.25) is 9.59 Å². The molecule has 40 heavy (non-hydrogen) atoms. The Balaban J connectivity index is 0.00000560. The van der Waals surface area contributed by atoms with Gasteiger partial charge in [-0.25, -0.2) is 17.9 Å². The number of rotatable bonds is 12. The van der Waals surface area contributed by atoms with Crippen LogP contribution in [0.3, 0.4) is 0 Å². The fraction of sp³-hybridized carbons (Fsp3) is 0.393. The van der Waals surface area contributed by atoms with Gasteiger partial charge in [0.15, 0.2) is 17.3 Å². The third-order valence-corrected chi connectivity index (χ3v) is 6.29. The van der Waals surface area contributed by atoms with Crippen LogP contribution in [0.25, 0.3) is 5.69 Å². The number of aliphatic hydroxyl groups is 2. The third-order valence-electron chi connectivity index (χ3n) is 6.29. The number of benzene rings is 2. The second-order valence-corrected chi connectivity index (χ2v) is 9.84. The Morgan fingerprint density at radius 3 is 2.23 bits per heavy atom. The van der Waals surface area contributed by atoms with Crippen LogP contribution in [0, 0.1) is 17.5 Å². The molecule has 3 aromatic rings. The van der Waals surface area contributed by atoms with Crippen molar-refractivity contribution in [1.82, 2.24) is 14.7 Å². The Hall–Kier alpha value is -2.70. The second-order valence-electron chi connectivity index (χ2n) is 9.84. The van der Waals surface area contributed by atoms with Crippen molar-refractivity contribution in [3.63, 3.8) is 0 Å². The molecule has 0 aliphatic heterocycles. The first-order chi connectivity index (χ1) is 18.4. The molecule has 1 heterocycles. The summed E-state index contributed by atoms with van der Waals surface area (Å²) in [7, 11) is 1.51.